The van der Waals surface area contributed by atoms with Gasteiger partial charge in [-0.2, -0.15) is 0 Å². The molecule has 12 heteroatoms. The molecule has 0 radical (unpaired) electrons. The predicted octanol–water partition coefficient (Wildman–Crippen LogP) is 23.7. The summed E-state index contributed by atoms with van der Waals surface area (Å²) in [7, 11) is 0. The van der Waals surface area contributed by atoms with E-state index in [1.54, 1.807) is 0 Å². The van der Waals surface area contributed by atoms with Crippen molar-refractivity contribution in [2.45, 2.75) is 53.6 Å². The minimum atomic E-state index is -0.833. The molecule has 14 aromatic carbocycles. The zero-order chi connectivity index (χ0) is 72.6. The maximum atomic E-state index is 9.00. The van der Waals surface area contributed by atoms with Crippen LogP contribution in [0.4, 0.5) is 0 Å². The van der Waals surface area contributed by atoms with Gasteiger partial charge < -0.3 is 29.7 Å². The van der Waals surface area contributed by atoms with Gasteiger partial charge in [-0.25, -0.2) is 11.1 Å². The van der Waals surface area contributed by atoms with E-state index in [9.17, 15) is 0 Å². The molecular formula is C96H84Fe2N2O6Pd2-2. The van der Waals surface area contributed by atoms with Crippen molar-refractivity contribution in [3.8, 4) is 111 Å². The average molecular weight is 1690 g/mol. The third-order valence-electron chi connectivity index (χ3n) is 17.7. The Hall–Kier alpha value is -10.2. The van der Waals surface area contributed by atoms with Crippen LogP contribution < -0.4 is 0 Å². The van der Waals surface area contributed by atoms with E-state index in [4.69, 9.17) is 29.3 Å². The Morgan fingerprint density at radius 1 is 0.361 bits per heavy atom. The maximum Gasteiger partial charge on any atom is 2.00 e. The van der Waals surface area contributed by atoms with Crippen molar-refractivity contribution in [3.63, 3.8) is 0 Å². The Morgan fingerprint density at radius 2 is 0.556 bits per heavy atom. The van der Waals surface area contributed by atoms with Gasteiger partial charge in [0.05, 0.1) is 25.3 Å². The molecule has 2 aliphatic rings. The molecule has 0 fully saturated rings. The van der Waals surface area contributed by atoms with Crippen molar-refractivity contribution in [2.75, 3.05) is 13.2 Å². The third kappa shape index (κ3) is 22.0. The minimum Gasteiger partial charge on any atom is -0.561 e. The maximum absolute atomic E-state index is 9.00. The number of rotatable bonds is 14. The van der Waals surface area contributed by atoms with E-state index in [-0.39, 0.29) is 75.0 Å². The van der Waals surface area contributed by atoms with Crippen molar-refractivity contribution in [1.82, 2.24) is 0 Å². The van der Waals surface area contributed by atoms with Gasteiger partial charge in [0, 0.05) is 66.5 Å². The van der Waals surface area contributed by atoms with E-state index < -0.39 is 11.9 Å². The molecule has 0 saturated heterocycles. The van der Waals surface area contributed by atoms with Gasteiger partial charge in [0.1, 0.15) is 0 Å². The fourth-order valence-corrected chi connectivity index (χ4v) is 12.9. The van der Waals surface area contributed by atoms with Crippen molar-refractivity contribution < 1.29 is 104 Å². The molecule has 2 N–H and O–H groups in total. The number of carboxylic acid groups (broad SMARTS) is 2. The molecule has 8 nitrogen and oxygen atoms in total. The van der Waals surface area contributed by atoms with Crippen molar-refractivity contribution in [1.29, 1.82) is 0 Å². The van der Waals surface area contributed by atoms with Gasteiger partial charge in [0.25, 0.3) is 11.9 Å². The first kappa shape index (κ1) is 85.1. The van der Waals surface area contributed by atoms with Gasteiger partial charge in [-0.3, -0.25) is 58.1 Å². The van der Waals surface area contributed by atoms with E-state index in [1.807, 2.05) is 36.4 Å². The van der Waals surface area contributed by atoms with Crippen molar-refractivity contribution in [2.24, 2.45) is 21.8 Å². The van der Waals surface area contributed by atoms with Gasteiger partial charge in [-0.15, -0.1) is 0 Å². The molecule has 552 valence electrons. The summed E-state index contributed by atoms with van der Waals surface area (Å²) in [6.07, 6.45) is 0. The molecule has 0 bridgehead atoms. The van der Waals surface area contributed by atoms with E-state index in [1.165, 1.54) is 111 Å². The second kappa shape index (κ2) is 43.0. The van der Waals surface area contributed by atoms with E-state index in [0.717, 1.165) is 36.8 Å². The Bertz CT molecular complexity index is 4080. The number of carbonyl (C=O) groups is 2. The molecule has 108 heavy (non-hydrogen) atoms. The fourth-order valence-electron chi connectivity index (χ4n) is 12.9. The largest absolute Gasteiger partial charge is 2.00 e. The van der Waals surface area contributed by atoms with E-state index >= 15 is 0 Å². The van der Waals surface area contributed by atoms with Gasteiger partial charge in [-0.05, 0) is 34.1 Å². The Labute approximate surface area is 685 Å². The van der Waals surface area contributed by atoms with Crippen molar-refractivity contribution in [3.05, 3.63) is 363 Å². The predicted molar refractivity (Wildman–Crippen MR) is 429 cm³/mol. The van der Waals surface area contributed by atoms with Gasteiger partial charge in [-0.1, -0.05) is 420 Å². The summed E-state index contributed by atoms with van der Waals surface area (Å²) < 4.78 is 11.0. The van der Waals surface area contributed by atoms with Crippen molar-refractivity contribution >= 4 is 23.7 Å². The summed E-state index contributed by atoms with van der Waals surface area (Å²) in [6, 6.07) is 127. The molecule has 2 atom stereocenters. The molecule has 2 heterocycles. The summed E-state index contributed by atoms with van der Waals surface area (Å²) in [6.45, 7) is 12.2. The second-order valence-electron chi connectivity index (χ2n) is 25.7. The first-order valence-corrected chi connectivity index (χ1v) is 35.2. The zero-order valence-corrected chi connectivity index (χ0v) is 66.1. The van der Waals surface area contributed by atoms with Crippen LogP contribution in [0, 0.1) is 24.0 Å². The molecule has 0 aromatic heterocycles. The smallest absolute Gasteiger partial charge is 0.561 e. The first-order valence-electron chi connectivity index (χ1n) is 35.2. The van der Waals surface area contributed by atoms with Gasteiger partial charge >= 0.3 is 34.1 Å². The zero-order valence-electron chi connectivity index (χ0n) is 60.8. The molecule has 0 aliphatic carbocycles. The number of carboxylic acids is 2. The Kier molecular flexibility index (Phi) is 33.9. The average Bonchev–Trinajstić information content (AvgIpc) is 1.58. The van der Waals surface area contributed by atoms with Crippen LogP contribution in [0.5, 0.6) is 0 Å². The van der Waals surface area contributed by atoms with Crippen LogP contribution >= 0.6 is 0 Å². The molecule has 2 aliphatic heterocycles. The number of ether oxygens (including phenoxy) is 2. The number of hydrogen-bond donors (Lipinski definition) is 2. The molecule has 0 amide bonds. The molecule has 14 aromatic rings. The van der Waals surface area contributed by atoms with Crippen LogP contribution in [-0.4, -0.2) is 59.2 Å². The molecule has 0 unspecified atom stereocenters. The van der Waals surface area contributed by atoms with Gasteiger partial charge in [0.2, 0.25) is 0 Å². The molecule has 0 spiro atoms. The number of hydrogen-bond acceptors (Lipinski definition) is 6. The van der Waals surface area contributed by atoms with Crippen LogP contribution in [0.25, 0.3) is 111 Å². The Balaban J connectivity index is 0.000000206. The third-order valence-corrected chi connectivity index (χ3v) is 17.7. The minimum absolute atomic E-state index is 0. The van der Waals surface area contributed by atoms with Crippen LogP contribution in [0.15, 0.2) is 350 Å². The summed E-state index contributed by atoms with van der Waals surface area (Å²) in [5.74, 6) is 0.937. The van der Waals surface area contributed by atoms with E-state index in [2.05, 4.69) is 353 Å². The standard InChI is InChI=1S/2C35H25.2C11H13NO.2C2H4O2.2Fe.2Pd/c2*1-6-16-26(17-7-1)31-32(27-18-8-2-9-19-27)34(29-22-12-4-13-23-29)35(30-24-14-5-15-25-30)33(31)28-20-10-3-11-21-28;2*1-8(2)10-7-13-11(12-10)9-5-3-4-6-9;2*1-2(3)4;;;;/h2*1-25H;2*3-5,8,10H,7H2,1-2H3;2*1H3,(H,3,4);;;;/q2*-1;2*-2;;;2*+2;;/t;;2*10-;;;;;;/m..11....../s1. The second-order valence-corrected chi connectivity index (χ2v) is 25.7. The Morgan fingerprint density at radius 3 is 0.731 bits per heavy atom. The summed E-state index contributed by atoms with van der Waals surface area (Å²) in [4.78, 5) is 27.0. The fraction of sp³-hybridized carbons (Fsp3) is 0.125. The van der Waals surface area contributed by atoms with Gasteiger partial charge in [0.15, 0.2) is 0 Å². The SMILES string of the molecule is CC(=O)O.CC(=O)O.CC(C)[C@H]1COC(c2[c-]cc[cH-]2)=N1.CC(C)[C@H]1COC(c2[c-]cc[cH-]2)=N1.[Fe+2].[Fe+2].[Pd].[Pd].c1ccc(-c2c(-c3ccccc3)c(-c3ccccc3)[c-](-c3ccccc3)c2-c2ccccc2)cc1.c1ccc(-c2c(-c3ccccc3)c(-c3ccccc3)[c-](-c3ccccc3)c2-c2ccccc2)cc1. The quantitative estimate of drug-likeness (QED) is 0.0827. The molecular weight excluding hydrogens is 1600 g/mol. The van der Waals surface area contributed by atoms with E-state index in [0.29, 0.717) is 37.1 Å². The van der Waals surface area contributed by atoms with Crippen LogP contribution in [0.1, 0.15) is 52.7 Å². The number of aliphatic imine (C=N–C) groups is 2. The van der Waals surface area contributed by atoms with Crippen LogP contribution in [0.2, 0.25) is 0 Å². The topological polar surface area (TPSA) is 118 Å². The normalized spacial score (nSPS) is 12.7. The van der Waals surface area contributed by atoms with Crippen LogP contribution in [-0.2, 0) is 94.0 Å². The first-order chi connectivity index (χ1) is 50.8. The van der Waals surface area contributed by atoms with Crippen LogP contribution in [0.3, 0.4) is 0 Å². The monoisotopic (exact) mass is 1680 g/mol. The summed E-state index contributed by atoms with van der Waals surface area (Å²) in [5, 5.41) is 14.8. The number of nitrogens with zero attached hydrogens (tertiary/aromatic N) is 2. The molecule has 16 rings (SSSR count). The number of aliphatic carboxylic acids is 2. The summed E-state index contributed by atoms with van der Waals surface area (Å²) in [5.41, 5.74) is 27.0. The summed E-state index contributed by atoms with van der Waals surface area (Å²) >= 11 is 0. The molecule has 0 saturated carbocycles. The number of benzene rings is 10.